The number of thiophene rings is 1. The molecule has 0 aliphatic heterocycles. The molecule has 0 bridgehead atoms. The molecule has 2 aromatic heterocycles. The second kappa shape index (κ2) is 8.75. The second-order valence-corrected chi connectivity index (χ2v) is 9.81. The number of rotatable bonds is 6. The van der Waals surface area contributed by atoms with E-state index in [1.807, 2.05) is 0 Å². The third-order valence-corrected chi connectivity index (χ3v) is 7.28. The number of fused-ring (bicyclic) bond motifs is 3. The maximum Gasteiger partial charge on any atom is 0.248 e. The molecule has 9 nitrogen and oxygen atoms in total. The van der Waals surface area contributed by atoms with E-state index in [-0.39, 0.29) is 28.5 Å². The van der Waals surface area contributed by atoms with Crippen molar-refractivity contribution in [3.05, 3.63) is 39.8 Å². The zero-order valence-corrected chi connectivity index (χ0v) is 18.9. The third kappa shape index (κ3) is 4.53. The highest BCUT2D eigenvalue weighted by Gasteiger charge is 2.23. The SMILES string of the molecule is CC1CCc2c(sc3nc(SCC(=O)Nc4cc(C(N)=O)cc(C(N)=O)c4)nc(N)c23)C1. The summed E-state index contributed by atoms with van der Waals surface area (Å²) in [5.74, 6) is -0.740. The Bertz CT molecular complexity index is 1220. The monoisotopic (exact) mass is 470 g/mol. The zero-order chi connectivity index (χ0) is 23.0. The van der Waals surface area contributed by atoms with Crippen LogP contribution in [-0.2, 0) is 17.6 Å². The lowest BCUT2D eigenvalue weighted by atomic mass is 9.89. The van der Waals surface area contributed by atoms with Crippen molar-refractivity contribution in [2.45, 2.75) is 31.3 Å². The van der Waals surface area contributed by atoms with E-state index in [0.717, 1.165) is 41.2 Å². The molecular formula is C21H22N6O3S2. The van der Waals surface area contributed by atoms with Crippen LogP contribution in [0.3, 0.4) is 0 Å². The summed E-state index contributed by atoms with van der Waals surface area (Å²) in [5, 5.41) is 3.99. The number of aromatic nitrogens is 2. The van der Waals surface area contributed by atoms with Gasteiger partial charge in [-0.1, -0.05) is 18.7 Å². The van der Waals surface area contributed by atoms with Gasteiger partial charge < -0.3 is 22.5 Å². The molecule has 1 unspecified atom stereocenters. The molecule has 1 aliphatic rings. The Labute approximate surface area is 192 Å². The van der Waals surface area contributed by atoms with Crippen LogP contribution in [0.25, 0.3) is 10.2 Å². The number of thioether (sulfide) groups is 1. The minimum Gasteiger partial charge on any atom is -0.383 e. The normalized spacial score (nSPS) is 15.3. The first-order valence-electron chi connectivity index (χ1n) is 9.96. The number of benzene rings is 1. The van der Waals surface area contributed by atoms with Crippen LogP contribution in [0.1, 0.15) is 44.5 Å². The largest absolute Gasteiger partial charge is 0.383 e. The lowest BCUT2D eigenvalue weighted by molar-refractivity contribution is -0.113. The Kier molecular flexibility index (Phi) is 6.02. The number of nitrogens with zero attached hydrogens (tertiary/aromatic N) is 2. The first-order chi connectivity index (χ1) is 15.2. The summed E-state index contributed by atoms with van der Waals surface area (Å²) < 4.78 is 0. The van der Waals surface area contributed by atoms with E-state index < -0.39 is 11.8 Å². The number of carbonyl (C=O) groups is 3. The zero-order valence-electron chi connectivity index (χ0n) is 17.3. The fourth-order valence-electron chi connectivity index (χ4n) is 3.73. The molecule has 32 heavy (non-hydrogen) atoms. The van der Waals surface area contributed by atoms with Crippen molar-refractivity contribution < 1.29 is 14.4 Å². The van der Waals surface area contributed by atoms with Crippen molar-refractivity contribution in [2.75, 3.05) is 16.8 Å². The minimum absolute atomic E-state index is 0.0137. The van der Waals surface area contributed by atoms with Gasteiger partial charge in [0.2, 0.25) is 17.7 Å². The number of nitrogens with two attached hydrogens (primary N) is 3. The molecule has 3 amide bonds. The summed E-state index contributed by atoms with van der Waals surface area (Å²) in [4.78, 5) is 46.6. The minimum atomic E-state index is -0.733. The number of hydrogen-bond donors (Lipinski definition) is 4. The fourth-order valence-corrected chi connectivity index (χ4v) is 5.83. The van der Waals surface area contributed by atoms with Crippen molar-refractivity contribution in [1.82, 2.24) is 9.97 Å². The molecule has 0 fully saturated rings. The molecule has 0 saturated carbocycles. The van der Waals surface area contributed by atoms with Crippen molar-refractivity contribution in [2.24, 2.45) is 17.4 Å². The molecule has 7 N–H and O–H groups in total. The van der Waals surface area contributed by atoms with Gasteiger partial charge in [-0.15, -0.1) is 11.3 Å². The molecule has 1 aromatic carbocycles. The predicted molar refractivity (Wildman–Crippen MR) is 126 cm³/mol. The Morgan fingerprint density at radius 3 is 2.50 bits per heavy atom. The van der Waals surface area contributed by atoms with Crippen LogP contribution in [0.2, 0.25) is 0 Å². The van der Waals surface area contributed by atoms with E-state index in [9.17, 15) is 14.4 Å². The average Bonchev–Trinajstić information content (AvgIpc) is 3.09. The molecule has 11 heteroatoms. The number of primary amides is 2. The highest BCUT2D eigenvalue weighted by atomic mass is 32.2. The van der Waals surface area contributed by atoms with Crippen LogP contribution in [0.4, 0.5) is 11.5 Å². The van der Waals surface area contributed by atoms with Gasteiger partial charge in [-0.2, -0.15) is 0 Å². The molecule has 166 valence electrons. The molecule has 1 aliphatic carbocycles. The smallest absolute Gasteiger partial charge is 0.248 e. The van der Waals surface area contributed by atoms with Gasteiger partial charge in [-0.3, -0.25) is 14.4 Å². The standard InChI is InChI=1S/C21H22N6O3S2/c1-9-2-3-13-14(4-9)32-20-16(13)17(22)26-21(27-20)31-8-15(28)25-12-6-10(18(23)29)5-11(7-12)19(24)30/h5-7,9H,2-4,8H2,1H3,(H2,23,29)(H2,24,30)(H,25,28)(H2,22,26,27). The van der Waals surface area contributed by atoms with Crippen LogP contribution in [-0.4, -0.2) is 33.4 Å². The highest BCUT2D eigenvalue weighted by Crippen LogP contribution is 2.39. The van der Waals surface area contributed by atoms with E-state index in [1.54, 1.807) is 11.3 Å². The Morgan fingerprint density at radius 1 is 1.16 bits per heavy atom. The van der Waals surface area contributed by atoms with Gasteiger partial charge in [0.1, 0.15) is 10.6 Å². The molecule has 3 aromatic rings. The van der Waals surface area contributed by atoms with Crippen molar-refractivity contribution in [3.63, 3.8) is 0 Å². The molecule has 0 saturated heterocycles. The Hall–Kier alpha value is -3.18. The molecule has 0 spiro atoms. The van der Waals surface area contributed by atoms with Crippen LogP contribution in [0.5, 0.6) is 0 Å². The lowest BCUT2D eigenvalue weighted by Gasteiger charge is -2.17. The molecule has 2 heterocycles. The summed E-state index contributed by atoms with van der Waals surface area (Å²) in [6.07, 6.45) is 3.14. The van der Waals surface area contributed by atoms with Gasteiger partial charge >= 0.3 is 0 Å². The first-order valence-corrected chi connectivity index (χ1v) is 11.8. The number of aryl methyl sites for hydroxylation is 1. The van der Waals surface area contributed by atoms with Gasteiger partial charge in [-0.25, -0.2) is 9.97 Å². The van der Waals surface area contributed by atoms with Crippen molar-refractivity contribution >= 4 is 62.5 Å². The predicted octanol–water partition coefficient (Wildman–Crippen LogP) is 2.33. The van der Waals surface area contributed by atoms with E-state index >= 15 is 0 Å². The van der Waals surface area contributed by atoms with Crippen LogP contribution in [0.15, 0.2) is 23.4 Å². The maximum atomic E-state index is 12.4. The Balaban J connectivity index is 1.49. The van der Waals surface area contributed by atoms with Crippen LogP contribution < -0.4 is 22.5 Å². The molecule has 1 atom stereocenters. The van der Waals surface area contributed by atoms with Gasteiger partial charge in [-0.05, 0) is 48.9 Å². The number of carbonyl (C=O) groups excluding carboxylic acids is 3. The van der Waals surface area contributed by atoms with Crippen LogP contribution in [0, 0.1) is 5.92 Å². The van der Waals surface area contributed by atoms with Gasteiger partial charge in [0.05, 0.1) is 11.1 Å². The average molecular weight is 471 g/mol. The number of amides is 3. The molecular weight excluding hydrogens is 448 g/mol. The fraction of sp³-hybridized carbons (Fsp3) is 0.286. The lowest BCUT2D eigenvalue weighted by Crippen LogP contribution is -2.19. The van der Waals surface area contributed by atoms with Crippen molar-refractivity contribution in [3.8, 4) is 0 Å². The first kappa shape index (κ1) is 22.0. The van der Waals surface area contributed by atoms with E-state index in [2.05, 4.69) is 22.2 Å². The summed E-state index contributed by atoms with van der Waals surface area (Å²) in [5.41, 5.74) is 18.5. The van der Waals surface area contributed by atoms with Gasteiger partial charge in [0.15, 0.2) is 5.16 Å². The number of anilines is 2. The number of nitrogens with one attached hydrogen (secondary N) is 1. The van der Waals surface area contributed by atoms with Crippen molar-refractivity contribution in [1.29, 1.82) is 0 Å². The maximum absolute atomic E-state index is 12.4. The highest BCUT2D eigenvalue weighted by molar-refractivity contribution is 7.99. The molecule has 0 radical (unpaired) electrons. The topological polar surface area (TPSA) is 167 Å². The number of nitrogen functional groups attached to an aromatic ring is 1. The summed E-state index contributed by atoms with van der Waals surface area (Å²) >= 11 is 2.80. The van der Waals surface area contributed by atoms with E-state index in [4.69, 9.17) is 17.2 Å². The van der Waals surface area contributed by atoms with Gasteiger partial charge in [0, 0.05) is 21.7 Å². The van der Waals surface area contributed by atoms with Crippen LogP contribution >= 0.6 is 23.1 Å². The van der Waals surface area contributed by atoms with E-state index in [0.29, 0.717) is 16.9 Å². The quantitative estimate of drug-likeness (QED) is 0.317. The summed E-state index contributed by atoms with van der Waals surface area (Å²) in [6.45, 7) is 2.24. The summed E-state index contributed by atoms with van der Waals surface area (Å²) in [7, 11) is 0. The Morgan fingerprint density at radius 2 is 1.84 bits per heavy atom. The number of hydrogen-bond acceptors (Lipinski definition) is 8. The third-order valence-electron chi connectivity index (χ3n) is 5.28. The molecule has 4 rings (SSSR count). The van der Waals surface area contributed by atoms with E-state index in [1.165, 1.54) is 28.6 Å². The van der Waals surface area contributed by atoms with Gasteiger partial charge in [0.25, 0.3) is 0 Å². The second-order valence-electron chi connectivity index (χ2n) is 7.79. The summed E-state index contributed by atoms with van der Waals surface area (Å²) in [6, 6.07) is 4.05.